The van der Waals surface area contributed by atoms with Gasteiger partial charge in [-0.05, 0) is 13.0 Å². The summed E-state index contributed by atoms with van der Waals surface area (Å²) in [6, 6.07) is 7.95. The van der Waals surface area contributed by atoms with Gasteiger partial charge in [-0.25, -0.2) is 19.2 Å². The summed E-state index contributed by atoms with van der Waals surface area (Å²) >= 11 is 0. The number of halogens is 1. The molecule has 3 aromatic rings. The molecular formula is C20H19FN6O3. The van der Waals surface area contributed by atoms with Crippen LogP contribution in [0.3, 0.4) is 0 Å². The van der Waals surface area contributed by atoms with Crippen LogP contribution < -0.4 is 5.73 Å². The molecule has 1 aliphatic heterocycles. The highest BCUT2D eigenvalue weighted by atomic mass is 19.1. The molecule has 0 radical (unpaired) electrons. The molecule has 0 amide bonds. The minimum Gasteiger partial charge on any atom is -0.462 e. The summed E-state index contributed by atoms with van der Waals surface area (Å²) in [6.07, 6.45) is 3.21. The first-order valence-electron chi connectivity index (χ1n) is 9.34. The largest absolute Gasteiger partial charge is 0.462 e. The fourth-order valence-electron chi connectivity index (χ4n) is 3.19. The smallest absolute Gasteiger partial charge is 0.343 e. The Balaban J connectivity index is 1.64. The zero-order valence-corrected chi connectivity index (χ0v) is 16.2. The van der Waals surface area contributed by atoms with Gasteiger partial charge in [-0.15, -0.1) is 0 Å². The van der Waals surface area contributed by atoms with Crippen LogP contribution in [0.25, 0.3) is 0 Å². The molecule has 0 bridgehead atoms. The minimum atomic E-state index is -0.587. The molecule has 1 aromatic carbocycles. The lowest BCUT2D eigenvalue weighted by molar-refractivity contribution is 0.0526. The molecule has 1 aliphatic rings. The average molecular weight is 410 g/mol. The lowest BCUT2D eigenvalue weighted by Crippen LogP contribution is -2.20. The summed E-state index contributed by atoms with van der Waals surface area (Å²) in [5.41, 5.74) is 7.71. The highest BCUT2D eigenvalue weighted by Gasteiger charge is 2.32. The molecule has 2 aromatic heterocycles. The molecule has 9 nitrogen and oxygen atoms in total. The third-order valence-corrected chi connectivity index (χ3v) is 4.66. The van der Waals surface area contributed by atoms with E-state index in [1.54, 1.807) is 36.2 Å². The van der Waals surface area contributed by atoms with Crippen LogP contribution in [0.2, 0.25) is 0 Å². The van der Waals surface area contributed by atoms with Gasteiger partial charge in [0, 0.05) is 24.2 Å². The molecule has 154 valence electrons. The Bertz CT molecular complexity index is 1090. The van der Waals surface area contributed by atoms with Crippen molar-refractivity contribution in [3.63, 3.8) is 0 Å². The minimum absolute atomic E-state index is 0.00619. The highest BCUT2D eigenvalue weighted by molar-refractivity contribution is 6.00. The Morgan fingerprint density at radius 2 is 2.20 bits per heavy atom. The fraction of sp³-hybridized carbons (Fsp3) is 0.250. The van der Waals surface area contributed by atoms with Crippen LogP contribution in [-0.2, 0) is 11.3 Å². The quantitative estimate of drug-likeness (QED) is 0.616. The first-order chi connectivity index (χ1) is 14.6. The van der Waals surface area contributed by atoms with Crippen molar-refractivity contribution in [2.75, 3.05) is 12.3 Å². The van der Waals surface area contributed by atoms with Gasteiger partial charge in [-0.3, -0.25) is 5.01 Å². The molecule has 2 N–H and O–H groups in total. The number of rotatable bonds is 6. The number of benzene rings is 1. The SMILES string of the molecule is CCOC(=O)c1cnc(C2=NN(Cc3ccccc3F)C(c3ccon3)C2)nc1N. The van der Waals surface area contributed by atoms with Crippen molar-refractivity contribution in [1.29, 1.82) is 0 Å². The number of hydrogen-bond acceptors (Lipinski definition) is 9. The van der Waals surface area contributed by atoms with E-state index in [4.69, 9.17) is 15.0 Å². The zero-order valence-electron chi connectivity index (χ0n) is 16.2. The van der Waals surface area contributed by atoms with Gasteiger partial charge in [0.2, 0.25) is 0 Å². The number of hydrazone groups is 1. The van der Waals surface area contributed by atoms with Gasteiger partial charge >= 0.3 is 5.97 Å². The van der Waals surface area contributed by atoms with Gasteiger partial charge < -0.3 is 15.0 Å². The second kappa shape index (κ2) is 8.27. The number of anilines is 1. The number of esters is 1. The van der Waals surface area contributed by atoms with E-state index in [0.29, 0.717) is 23.4 Å². The molecule has 1 unspecified atom stereocenters. The third-order valence-electron chi connectivity index (χ3n) is 4.66. The lowest BCUT2D eigenvalue weighted by atomic mass is 10.1. The van der Waals surface area contributed by atoms with Crippen molar-refractivity contribution in [3.8, 4) is 0 Å². The second-order valence-electron chi connectivity index (χ2n) is 6.59. The average Bonchev–Trinajstić information content (AvgIpc) is 3.39. The zero-order chi connectivity index (χ0) is 21.1. The number of carbonyl (C=O) groups excluding carboxylic acids is 1. The maximum absolute atomic E-state index is 14.2. The summed E-state index contributed by atoms with van der Waals surface area (Å²) in [5.74, 6) is -0.618. The van der Waals surface area contributed by atoms with Gasteiger partial charge in [-0.1, -0.05) is 23.4 Å². The maximum atomic E-state index is 14.2. The Labute approximate surface area is 171 Å². The topological polar surface area (TPSA) is 120 Å². The molecule has 1 atom stereocenters. The van der Waals surface area contributed by atoms with Gasteiger partial charge in [0.25, 0.3) is 0 Å². The predicted molar refractivity (Wildman–Crippen MR) is 105 cm³/mol. The van der Waals surface area contributed by atoms with Crippen LogP contribution in [0.1, 0.15) is 46.8 Å². The van der Waals surface area contributed by atoms with E-state index in [-0.39, 0.29) is 42.2 Å². The molecule has 0 saturated heterocycles. The monoisotopic (exact) mass is 410 g/mol. The van der Waals surface area contributed by atoms with E-state index in [1.807, 2.05) is 0 Å². The van der Waals surface area contributed by atoms with Crippen LogP contribution in [-0.4, -0.2) is 38.4 Å². The third kappa shape index (κ3) is 3.84. The van der Waals surface area contributed by atoms with Gasteiger partial charge in [0.15, 0.2) is 5.82 Å². The molecule has 30 heavy (non-hydrogen) atoms. The van der Waals surface area contributed by atoms with E-state index in [2.05, 4.69) is 20.2 Å². The molecule has 10 heteroatoms. The molecule has 0 aliphatic carbocycles. The van der Waals surface area contributed by atoms with Gasteiger partial charge in [0.1, 0.15) is 34.9 Å². The Hall–Kier alpha value is -3.82. The number of aromatic nitrogens is 3. The Morgan fingerprint density at radius 1 is 1.37 bits per heavy atom. The number of carbonyl (C=O) groups is 1. The highest BCUT2D eigenvalue weighted by Crippen LogP contribution is 2.33. The summed E-state index contributed by atoms with van der Waals surface area (Å²) in [7, 11) is 0. The van der Waals surface area contributed by atoms with Crippen LogP contribution in [0.5, 0.6) is 0 Å². The number of hydrogen-bond donors (Lipinski definition) is 1. The number of nitrogens with two attached hydrogens (primary N) is 1. The molecule has 0 saturated carbocycles. The standard InChI is InChI=1S/C20H19FN6O3/c1-2-29-20(28)13-10-23-19(24-18(13)22)16-9-17(15-7-8-30-26-15)27(25-16)11-12-5-3-4-6-14(12)21/h3-8,10,17H,2,9,11H2,1H3,(H2,22,23,24). The van der Waals surface area contributed by atoms with Gasteiger partial charge in [-0.2, -0.15) is 5.10 Å². The molecule has 3 heterocycles. The van der Waals surface area contributed by atoms with Crippen LogP contribution in [0.4, 0.5) is 10.2 Å². The van der Waals surface area contributed by atoms with E-state index >= 15 is 0 Å². The maximum Gasteiger partial charge on any atom is 0.343 e. The van der Waals surface area contributed by atoms with Crippen LogP contribution >= 0.6 is 0 Å². The van der Waals surface area contributed by atoms with Crippen molar-refractivity contribution in [2.24, 2.45) is 5.10 Å². The number of ether oxygens (including phenoxy) is 1. The first-order valence-corrected chi connectivity index (χ1v) is 9.34. The van der Waals surface area contributed by atoms with Crippen LogP contribution in [0, 0.1) is 5.82 Å². The summed E-state index contributed by atoms with van der Waals surface area (Å²) in [5, 5.41) is 10.3. The summed E-state index contributed by atoms with van der Waals surface area (Å²) < 4.78 is 24.1. The van der Waals surface area contributed by atoms with Crippen molar-refractivity contribution in [2.45, 2.75) is 25.9 Å². The molecular weight excluding hydrogens is 391 g/mol. The van der Waals surface area contributed by atoms with E-state index in [0.717, 1.165) is 0 Å². The van der Waals surface area contributed by atoms with Crippen molar-refractivity contribution in [1.82, 2.24) is 20.1 Å². The second-order valence-corrected chi connectivity index (χ2v) is 6.59. The Kier molecular flexibility index (Phi) is 5.38. The molecule has 4 rings (SSSR count). The predicted octanol–water partition coefficient (Wildman–Crippen LogP) is 2.71. The van der Waals surface area contributed by atoms with Crippen molar-refractivity contribution in [3.05, 3.63) is 71.3 Å². The summed E-state index contributed by atoms with van der Waals surface area (Å²) in [4.78, 5) is 20.4. The van der Waals surface area contributed by atoms with E-state index in [9.17, 15) is 9.18 Å². The van der Waals surface area contributed by atoms with Crippen molar-refractivity contribution < 1.29 is 18.4 Å². The normalized spacial score (nSPS) is 15.9. The fourth-order valence-corrected chi connectivity index (χ4v) is 3.19. The number of nitrogens with zero attached hydrogens (tertiary/aromatic N) is 5. The lowest BCUT2D eigenvalue weighted by Gasteiger charge is -2.21. The molecule has 0 spiro atoms. The molecule has 0 fully saturated rings. The summed E-state index contributed by atoms with van der Waals surface area (Å²) in [6.45, 7) is 2.14. The number of nitrogen functional groups attached to an aromatic ring is 1. The first kappa shape index (κ1) is 19.5. The Morgan fingerprint density at radius 3 is 2.90 bits per heavy atom. The van der Waals surface area contributed by atoms with Crippen LogP contribution in [0.15, 0.2) is 52.4 Å². The van der Waals surface area contributed by atoms with Gasteiger partial charge in [0.05, 0.1) is 19.2 Å². The van der Waals surface area contributed by atoms with E-state index < -0.39 is 5.97 Å². The van der Waals surface area contributed by atoms with Crippen molar-refractivity contribution >= 4 is 17.5 Å². The van der Waals surface area contributed by atoms with E-state index in [1.165, 1.54) is 18.5 Å².